The van der Waals surface area contributed by atoms with Crippen molar-refractivity contribution in [2.45, 2.75) is 26.9 Å². The Labute approximate surface area is 237 Å². The second kappa shape index (κ2) is 13.4. The van der Waals surface area contributed by atoms with Crippen LogP contribution in [0.15, 0.2) is 65.8 Å². The van der Waals surface area contributed by atoms with Crippen molar-refractivity contribution in [2.75, 3.05) is 24.7 Å². The first-order chi connectivity index (χ1) is 18.9. The predicted molar refractivity (Wildman–Crippen MR) is 152 cm³/mol. The topological polar surface area (TPSA) is 89.5 Å². The smallest absolute Gasteiger partial charge is 0.245 e. The number of nitrogens with zero attached hydrogens (tertiary/aromatic N) is 2. The molecule has 39 heavy (non-hydrogen) atoms. The molecule has 0 spiro atoms. The SMILES string of the molecule is CCOc1ccc(N2C[C@@H](C(=O)N/N=C\c3ccc(OCc4ccc(Cl)c(Cl)c4)c(OCC)c3)CC2=O)cc1. The number of carbonyl (C=O) groups excluding carboxylic acids is 2. The molecule has 10 heteroatoms. The highest BCUT2D eigenvalue weighted by Gasteiger charge is 2.35. The van der Waals surface area contributed by atoms with Crippen LogP contribution >= 0.6 is 23.2 Å². The lowest BCUT2D eigenvalue weighted by Crippen LogP contribution is -2.30. The molecule has 0 bridgehead atoms. The lowest BCUT2D eigenvalue weighted by molar-refractivity contribution is -0.126. The van der Waals surface area contributed by atoms with Crippen LogP contribution in [0.25, 0.3) is 0 Å². The quantitative estimate of drug-likeness (QED) is 0.230. The molecule has 8 nitrogen and oxygen atoms in total. The standard InChI is InChI=1S/C29H29Cl2N3O5/c1-3-37-23-9-7-22(8-10-23)34-17-21(15-28(34)35)29(36)33-32-16-19-6-12-26(27(14-19)38-4-2)39-18-20-5-11-24(30)25(31)13-20/h5-14,16,21H,3-4,15,17-18H2,1-2H3,(H,33,36)/b32-16-/t21-/m0/s1. The summed E-state index contributed by atoms with van der Waals surface area (Å²) in [7, 11) is 0. The van der Waals surface area contributed by atoms with Gasteiger partial charge in [0.25, 0.3) is 0 Å². The van der Waals surface area contributed by atoms with E-state index in [1.807, 2.05) is 44.2 Å². The van der Waals surface area contributed by atoms with E-state index < -0.39 is 5.92 Å². The third-order valence-corrected chi connectivity index (χ3v) is 6.73. The van der Waals surface area contributed by atoms with Crippen LogP contribution in [0.4, 0.5) is 5.69 Å². The fourth-order valence-corrected chi connectivity index (χ4v) is 4.39. The van der Waals surface area contributed by atoms with Gasteiger partial charge in [0.2, 0.25) is 11.8 Å². The normalized spacial score (nSPS) is 15.0. The van der Waals surface area contributed by atoms with Gasteiger partial charge in [-0.05, 0) is 79.6 Å². The van der Waals surface area contributed by atoms with Crippen LogP contribution in [-0.2, 0) is 16.2 Å². The van der Waals surface area contributed by atoms with E-state index in [2.05, 4.69) is 10.5 Å². The number of hydrogen-bond acceptors (Lipinski definition) is 6. The number of anilines is 1. The molecular formula is C29H29Cl2N3O5. The highest BCUT2D eigenvalue weighted by molar-refractivity contribution is 6.42. The maximum Gasteiger partial charge on any atom is 0.245 e. The Balaban J connectivity index is 1.34. The van der Waals surface area contributed by atoms with Crippen molar-refractivity contribution in [3.05, 3.63) is 81.8 Å². The minimum Gasteiger partial charge on any atom is -0.494 e. The second-order valence-corrected chi connectivity index (χ2v) is 9.56. The lowest BCUT2D eigenvalue weighted by Gasteiger charge is -2.17. The predicted octanol–water partition coefficient (Wildman–Crippen LogP) is 5.87. The largest absolute Gasteiger partial charge is 0.494 e. The van der Waals surface area contributed by atoms with E-state index in [-0.39, 0.29) is 31.4 Å². The average molecular weight is 570 g/mol. The van der Waals surface area contributed by atoms with Gasteiger partial charge in [0, 0.05) is 18.7 Å². The van der Waals surface area contributed by atoms with Crippen molar-refractivity contribution >= 4 is 46.9 Å². The zero-order chi connectivity index (χ0) is 27.8. The third-order valence-electron chi connectivity index (χ3n) is 5.99. The van der Waals surface area contributed by atoms with Gasteiger partial charge in [0.15, 0.2) is 11.5 Å². The molecule has 1 aliphatic heterocycles. The molecule has 1 aliphatic rings. The van der Waals surface area contributed by atoms with Crippen LogP contribution in [0.5, 0.6) is 17.2 Å². The maximum absolute atomic E-state index is 12.7. The summed E-state index contributed by atoms with van der Waals surface area (Å²) in [4.78, 5) is 26.8. The average Bonchev–Trinajstić information content (AvgIpc) is 3.32. The maximum atomic E-state index is 12.7. The summed E-state index contributed by atoms with van der Waals surface area (Å²) in [6.07, 6.45) is 1.64. The summed E-state index contributed by atoms with van der Waals surface area (Å²) in [5, 5.41) is 5.03. The molecule has 0 aromatic heterocycles. The zero-order valence-electron chi connectivity index (χ0n) is 21.7. The summed E-state index contributed by atoms with van der Waals surface area (Å²) in [5.74, 6) is 0.899. The van der Waals surface area contributed by atoms with Gasteiger partial charge in [-0.15, -0.1) is 0 Å². The summed E-state index contributed by atoms with van der Waals surface area (Å²) < 4.78 is 17.1. The van der Waals surface area contributed by atoms with E-state index in [4.69, 9.17) is 37.4 Å². The monoisotopic (exact) mass is 569 g/mol. The number of ether oxygens (including phenoxy) is 3. The van der Waals surface area contributed by atoms with Crippen molar-refractivity contribution < 1.29 is 23.8 Å². The molecule has 204 valence electrons. The summed E-state index contributed by atoms with van der Waals surface area (Å²) in [6, 6.07) is 17.9. The number of carbonyl (C=O) groups is 2. The fourth-order valence-electron chi connectivity index (χ4n) is 4.07. The van der Waals surface area contributed by atoms with Crippen molar-refractivity contribution in [3.63, 3.8) is 0 Å². The molecule has 0 saturated carbocycles. The fraction of sp³-hybridized carbons (Fsp3) is 0.276. The van der Waals surface area contributed by atoms with Crippen LogP contribution in [0, 0.1) is 5.92 Å². The van der Waals surface area contributed by atoms with Gasteiger partial charge in [0.05, 0.1) is 35.4 Å². The van der Waals surface area contributed by atoms with Crippen molar-refractivity contribution in [1.29, 1.82) is 0 Å². The Bertz CT molecular complexity index is 1350. The van der Waals surface area contributed by atoms with Gasteiger partial charge in [-0.1, -0.05) is 29.3 Å². The highest BCUT2D eigenvalue weighted by atomic mass is 35.5. The minimum absolute atomic E-state index is 0.110. The second-order valence-electron chi connectivity index (χ2n) is 8.74. The molecular weight excluding hydrogens is 541 g/mol. The molecule has 1 saturated heterocycles. The number of hydrazone groups is 1. The molecule has 1 heterocycles. The molecule has 4 rings (SSSR count). The van der Waals surface area contributed by atoms with Gasteiger partial charge in [0.1, 0.15) is 12.4 Å². The Morgan fingerprint density at radius 3 is 2.46 bits per heavy atom. The van der Waals surface area contributed by atoms with Gasteiger partial charge < -0.3 is 19.1 Å². The van der Waals surface area contributed by atoms with E-state index in [9.17, 15) is 9.59 Å². The van der Waals surface area contributed by atoms with Gasteiger partial charge >= 0.3 is 0 Å². The van der Waals surface area contributed by atoms with Crippen molar-refractivity contribution in [3.8, 4) is 17.2 Å². The first kappa shape index (κ1) is 28.3. The first-order valence-electron chi connectivity index (χ1n) is 12.6. The van der Waals surface area contributed by atoms with Crippen molar-refractivity contribution in [1.82, 2.24) is 5.43 Å². The molecule has 1 atom stereocenters. The van der Waals surface area contributed by atoms with Crippen LogP contribution in [0.1, 0.15) is 31.4 Å². The third kappa shape index (κ3) is 7.43. The van der Waals surface area contributed by atoms with E-state index >= 15 is 0 Å². The Morgan fingerprint density at radius 1 is 0.974 bits per heavy atom. The van der Waals surface area contributed by atoms with Crippen LogP contribution in [-0.4, -0.2) is 37.8 Å². The minimum atomic E-state index is -0.502. The van der Waals surface area contributed by atoms with E-state index in [1.165, 1.54) is 6.21 Å². The Hall–Kier alpha value is -3.75. The number of benzene rings is 3. The molecule has 1 fully saturated rings. The lowest BCUT2D eigenvalue weighted by atomic mass is 10.1. The highest BCUT2D eigenvalue weighted by Crippen LogP contribution is 2.30. The number of nitrogens with one attached hydrogen (secondary N) is 1. The molecule has 2 amide bonds. The number of amides is 2. The summed E-state index contributed by atoms with van der Waals surface area (Å²) >= 11 is 12.1. The van der Waals surface area contributed by atoms with E-state index in [0.29, 0.717) is 40.3 Å². The molecule has 0 radical (unpaired) electrons. The molecule has 3 aromatic rings. The molecule has 1 N–H and O–H groups in total. The zero-order valence-corrected chi connectivity index (χ0v) is 23.2. The first-order valence-corrected chi connectivity index (χ1v) is 13.3. The molecule has 0 aliphatic carbocycles. The van der Waals surface area contributed by atoms with Crippen molar-refractivity contribution in [2.24, 2.45) is 11.0 Å². The van der Waals surface area contributed by atoms with Crippen LogP contribution < -0.4 is 24.5 Å². The molecule has 3 aromatic carbocycles. The van der Waals surface area contributed by atoms with Gasteiger partial charge in [-0.25, -0.2) is 5.43 Å². The summed E-state index contributed by atoms with van der Waals surface area (Å²) in [6.45, 7) is 5.37. The molecule has 0 unspecified atom stereocenters. The number of halogens is 2. The van der Waals surface area contributed by atoms with E-state index in [0.717, 1.165) is 17.0 Å². The number of rotatable bonds is 11. The number of hydrogen-bond donors (Lipinski definition) is 1. The summed E-state index contributed by atoms with van der Waals surface area (Å²) in [5.41, 5.74) is 4.85. The Kier molecular flexibility index (Phi) is 9.68. The van der Waals surface area contributed by atoms with Gasteiger partial charge in [-0.3, -0.25) is 9.59 Å². The van der Waals surface area contributed by atoms with E-state index in [1.54, 1.807) is 35.2 Å². The van der Waals surface area contributed by atoms with Crippen LogP contribution in [0.2, 0.25) is 10.0 Å². The van der Waals surface area contributed by atoms with Gasteiger partial charge in [-0.2, -0.15) is 5.10 Å². The van der Waals surface area contributed by atoms with Crippen LogP contribution in [0.3, 0.4) is 0 Å². The Morgan fingerprint density at radius 2 is 1.74 bits per heavy atom.